The molecule has 1 atom stereocenters. The summed E-state index contributed by atoms with van der Waals surface area (Å²) in [5.74, 6) is -0.862. The Hall–Kier alpha value is -2.11. The van der Waals surface area contributed by atoms with Crippen LogP contribution in [0.2, 0.25) is 0 Å². The first-order valence-electron chi connectivity index (χ1n) is 5.43. The van der Waals surface area contributed by atoms with Gasteiger partial charge in [0.2, 0.25) is 0 Å². The van der Waals surface area contributed by atoms with Crippen molar-refractivity contribution in [3.63, 3.8) is 0 Å². The lowest BCUT2D eigenvalue weighted by atomic mass is 10.2. The predicted octanol–water partition coefficient (Wildman–Crippen LogP) is 1.71. The van der Waals surface area contributed by atoms with Gasteiger partial charge >= 0.3 is 12.1 Å². The third-order valence-corrected chi connectivity index (χ3v) is 2.47. The van der Waals surface area contributed by atoms with Crippen molar-refractivity contribution in [1.29, 1.82) is 0 Å². The van der Waals surface area contributed by atoms with Gasteiger partial charge in [-0.1, -0.05) is 6.07 Å². The zero-order valence-corrected chi connectivity index (χ0v) is 9.76. The molecule has 1 aromatic carbocycles. The van der Waals surface area contributed by atoms with Crippen LogP contribution in [0.15, 0.2) is 24.3 Å². The molecule has 0 aliphatic carbocycles. The average molecular weight is 253 g/mol. The van der Waals surface area contributed by atoms with Gasteiger partial charge < -0.3 is 9.47 Å². The van der Waals surface area contributed by atoms with Crippen LogP contribution in [0.4, 0.5) is 14.9 Å². The summed E-state index contributed by atoms with van der Waals surface area (Å²) >= 11 is 0. The van der Waals surface area contributed by atoms with E-state index in [0.29, 0.717) is 5.69 Å². The molecule has 1 unspecified atom stereocenters. The summed E-state index contributed by atoms with van der Waals surface area (Å²) in [7, 11) is 0. The Balaban J connectivity index is 2.03. The Kier molecular flexibility index (Phi) is 3.45. The number of rotatable bonds is 3. The molecular formula is C12H12FNO4. The van der Waals surface area contributed by atoms with Gasteiger partial charge in [0.15, 0.2) is 6.10 Å². The van der Waals surface area contributed by atoms with Gasteiger partial charge in [-0.3, -0.25) is 9.69 Å². The van der Waals surface area contributed by atoms with E-state index >= 15 is 0 Å². The summed E-state index contributed by atoms with van der Waals surface area (Å²) in [5.41, 5.74) is 0.422. The first-order valence-corrected chi connectivity index (χ1v) is 5.43. The van der Waals surface area contributed by atoms with Gasteiger partial charge in [0.1, 0.15) is 12.4 Å². The molecule has 1 saturated heterocycles. The van der Waals surface area contributed by atoms with Crippen molar-refractivity contribution in [2.45, 2.75) is 13.0 Å². The number of ether oxygens (including phenoxy) is 2. The lowest BCUT2D eigenvalue weighted by Gasteiger charge is -2.12. The summed E-state index contributed by atoms with van der Waals surface area (Å²) in [6, 6.07) is 5.66. The Morgan fingerprint density at radius 2 is 2.39 bits per heavy atom. The smallest absolute Gasteiger partial charge is 0.414 e. The standard InChI is InChI=1S/C12H12FNO4/c1-8(15)17-7-11-6-14(12(16)18-11)10-4-2-3-9(13)5-10/h2-5,11H,6-7H2,1H3. The SMILES string of the molecule is CC(=O)OCC1CN(c2cccc(F)c2)C(=O)O1. The first kappa shape index (κ1) is 12.3. The number of carbonyl (C=O) groups excluding carboxylic acids is 2. The van der Waals surface area contributed by atoms with E-state index in [2.05, 4.69) is 0 Å². The molecule has 1 amide bonds. The van der Waals surface area contributed by atoms with Crippen LogP contribution in [0, 0.1) is 5.82 Å². The summed E-state index contributed by atoms with van der Waals surface area (Å²) in [5, 5.41) is 0. The van der Waals surface area contributed by atoms with Gasteiger partial charge in [0.25, 0.3) is 0 Å². The van der Waals surface area contributed by atoms with Crippen molar-refractivity contribution in [2.24, 2.45) is 0 Å². The van der Waals surface area contributed by atoms with Crippen LogP contribution in [0.1, 0.15) is 6.92 Å². The fourth-order valence-corrected chi connectivity index (χ4v) is 1.67. The van der Waals surface area contributed by atoms with E-state index in [1.807, 2.05) is 0 Å². The number of benzene rings is 1. The van der Waals surface area contributed by atoms with Crippen LogP contribution in [0.5, 0.6) is 0 Å². The molecule has 1 aromatic rings. The zero-order valence-electron chi connectivity index (χ0n) is 9.76. The molecule has 1 heterocycles. The van der Waals surface area contributed by atoms with Crippen molar-refractivity contribution in [3.8, 4) is 0 Å². The number of esters is 1. The van der Waals surface area contributed by atoms with Crippen LogP contribution in [0.25, 0.3) is 0 Å². The Morgan fingerprint density at radius 3 is 3.06 bits per heavy atom. The maximum absolute atomic E-state index is 13.1. The normalized spacial score (nSPS) is 18.7. The molecule has 0 N–H and O–H groups in total. The van der Waals surface area contributed by atoms with Crippen LogP contribution in [-0.4, -0.2) is 31.3 Å². The molecule has 18 heavy (non-hydrogen) atoms. The summed E-state index contributed by atoms with van der Waals surface area (Å²) in [4.78, 5) is 23.5. The molecule has 1 fully saturated rings. The summed E-state index contributed by atoms with van der Waals surface area (Å²) in [6.07, 6.45) is -1.09. The topological polar surface area (TPSA) is 55.8 Å². The Labute approximate surface area is 103 Å². The predicted molar refractivity (Wildman–Crippen MR) is 60.6 cm³/mol. The van der Waals surface area contributed by atoms with Crippen LogP contribution < -0.4 is 4.90 Å². The van der Waals surface area contributed by atoms with Crippen molar-refractivity contribution in [3.05, 3.63) is 30.1 Å². The molecule has 0 radical (unpaired) electrons. The van der Waals surface area contributed by atoms with E-state index < -0.39 is 24.0 Å². The molecule has 96 valence electrons. The highest BCUT2D eigenvalue weighted by Crippen LogP contribution is 2.22. The van der Waals surface area contributed by atoms with Gasteiger partial charge in [0, 0.05) is 6.92 Å². The Bertz CT molecular complexity index is 477. The van der Waals surface area contributed by atoms with Gasteiger partial charge in [-0.25, -0.2) is 9.18 Å². The number of halogens is 1. The summed E-state index contributed by atoms with van der Waals surface area (Å²) in [6.45, 7) is 1.52. The number of hydrogen-bond acceptors (Lipinski definition) is 4. The van der Waals surface area contributed by atoms with E-state index in [4.69, 9.17) is 9.47 Å². The highest BCUT2D eigenvalue weighted by molar-refractivity contribution is 5.89. The Morgan fingerprint density at radius 1 is 1.61 bits per heavy atom. The monoisotopic (exact) mass is 253 g/mol. The van der Waals surface area contributed by atoms with Gasteiger partial charge in [-0.05, 0) is 18.2 Å². The van der Waals surface area contributed by atoms with E-state index in [1.165, 1.54) is 30.0 Å². The third kappa shape index (κ3) is 2.77. The van der Waals surface area contributed by atoms with Crippen LogP contribution in [-0.2, 0) is 14.3 Å². The lowest BCUT2D eigenvalue weighted by Crippen LogP contribution is -2.26. The highest BCUT2D eigenvalue weighted by atomic mass is 19.1. The van der Waals surface area contributed by atoms with Crippen molar-refractivity contribution in [1.82, 2.24) is 0 Å². The molecule has 6 heteroatoms. The average Bonchev–Trinajstić information content (AvgIpc) is 2.68. The number of carbonyl (C=O) groups is 2. The maximum Gasteiger partial charge on any atom is 0.414 e. The van der Waals surface area contributed by atoms with Crippen LogP contribution >= 0.6 is 0 Å². The number of amides is 1. The van der Waals surface area contributed by atoms with E-state index in [9.17, 15) is 14.0 Å². The molecule has 0 spiro atoms. The zero-order chi connectivity index (χ0) is 13.1. The molecule has 0 bridgehead atoms. The second-order valence-electron chi connectivity index (χ2n) is 3.90. The molecule has 5 nitrogen and oxygen atoms in total. The van der Waals surface area contributed by atoms with Gasteiger partial charge in [-0.2, -0.15) is 0 Å². The molecule has 1 aliphatic rings. The fourth-order valence-electron chi connectivity index (χ4n) is 1.67. The second-order valence-corrected chi connectivity index (χ2v) is 3.90. The largest absolute Gasteiger partial charge is 0.462 e. The van der Waals surface area contributed by atoms with Crippen molar-refractivity contribution in [2.75, 3.05) is 18.1 Å². The van der Waals surface area contributed by atoms with E-state index in [1.54, 1.807) is 6.07 Å². The minimum Gasteiger partial charge on any atom is -0.462 e. The molecule has 2 rings (SSSR count). The summed E-state index contributed by atoms with van der Waals surface area (Å²) < 4.78 is 22.8. The van der Waals surface area contributed by atoms with E-state index in [-0.39, 0.29) is 13.2 Å². The number of cyclic esters (lactones) is 1. The molecule has 0 saturated carbocycles. The lowest BCUT2D eigenvalue weighted by molar-refractivity contribution is -0.143. The molecule has 1 aliphatic heterocycles. The number of anilines is 1. The minimum atomic E-state index is -0.572. The fraction of sp³-hybridized carbons (Fsp3) is 0.333. The van der Waals surface area contributed by atoms with Crippen LogP contribution in [0.3, 0.4) is 0 Å². The van der Waals surface area contributed by atoms with Gasteiger partial charge in [-0.15, -0.1) is 0 Å². The van der Waals surface area contributed by atoms with Crippen molar-refractivity contribution >= 4 is 17.7 Å². The molecular weight excluding hydrogens is 241 g/mol. The van der Waals surface area contributed by atoms with E-state index in [0.717, 1.165) is 0 Å². The van der Waals surface area contributed by atoms with Gasteiger partial charge in [0.05, 0.1) is 12.2 Å². The number of hydrogen-bond donors (Lipinski definition) is 0. The second kappa shape index (κ2) is 5.03. The first-order chi connectivity index (χ1) is 8.56. The number of nitrogens with zero attached hydrogens (tertiary/aromatic N) is 1. The van der Waals surface area contributed by atoms with Crippen molar-refractivity contribution < 1.29 is 23.5 Å². The quantitative estimate of drug-likeness (QED) is 0.769. The maximum atomic E-state index is 13.1. The third-order valence-electron chi connectivity index (χ3n) is 2.47. The highest BCUT2D eigenvalue weighted by Gasteiger charge is 2.33. The minimum absolute atomic E-state index is 0.00683. The molecule has 0 aromatic heterocycles.